The van der Waals surface area contributed by atoms with Crippen molar-refractivity contribution in [2.45, 2.75) is 0 Å². The first-order chi connectivity index (χ1) is 28.3. The van der Waals surface area contributed by atoms with Crippen molar-refractivity contribution in [2.24, 2.45) is 0 Å². The Morgan fingerprint density at radius 1 is 0.316 bits per heavy atom. The predicted molar refractivity (Wildman–Crippen MR) is 239 cm³/mol. The summed E-state index contributed by atoms with van der Waals surface area (Å²) in [6, 6.07) is 78.0. The second-order valence-corrected chi connectivity index (χ2v) is 14.5. The van der Waals surface area contributed by atoms with Gasteiger partial charge in [0.2, 0.25) is 0 Å². The molecule has 0 N–H and O–H groups in total. The first-order valence-corrected chi connectivity index (χ1v) is 19.4. The summed E-state index contributed by atoms with van der Waals surface area (Å²) in [5.41, 5.74) is 15.6. The highest BCUT2D eigenvalue weighted by atomic mass is 16.3. The largest absolute Gasteiger partial charge is 0.454 e. The van der Waals surface area contributed by atoms with Crippen LogP contribution in [0, 0.1) is 0 Å². The smallest absolute Gasteiger partial charge is 0.159 e. The summed E-state index contributed by atoms with van der Waals surface area (Å²) < 4.78 is 8.86. The molecule has 3 heteroatoms. The lowest BCUT2D eigenvalue weighted by molar-refractivity contribution is 0.666. The van der Waals surface area contributed by atoms with Gasteiger partial charge in [0.15, 0.2) is 5.58 Å². The molecule has 57 heavy (non-hydrogen) atoms. The summed E-state index contributed by atoms with van der Waals surface area (Å²) in [5.74, 6) is 0. The molecule has 0 bridgehead atoms. The van der Waals surface area contributed by atoms with Crippen LogP contribution in [0.5, 0.6) is 0 Å². The highest BCUT2D eigenvalue weighted by Gasteiger charge is 2.19. The third kappa shape index (κ3) is 5.68. The Labute approximate surface area is 330 Å². The maximum Gasteiger partial charge on any atom is 0.159 e. The SMILES string of the molecule is c1ccc(-c2ccc(-c3ccc(N(c4ccccc4)c4ccc(-c5ccc6c(c5)c5ccccc5n6-c5cccc6c5oc5ccccc56)cc4)cc3)cc2)cc1. The number of anilines is 3. The minimum atomic E-state index is 0.899. The zero-order chi connectivity index (χ0) is 37.7. The van der Waals surface area contributed by atoms with Crippen molar-refractivity contribution in [2.75, 3.05) is 4.90 Å². The van der Waals surface area contributed by atoms with Gasteiger partial charge in [-0.15, -0.1) is 0 Å². The van der Waals surface area contributed by atoms with E-state index < -0.39 is 0 Å². The van der Waals surface area contributed by atoms with E-state index in [0.717, 1.165) is 55.7 Å². The quantitative estimate of drug-likeness (QED) is 0.163. The molecule has 11 aromatic rings. The number of para-hydroxylation sites is 4. The van der Waals surface area contributed by atoms with E-state index in [4.69, 9.17) is 4.42 Å². The first-order valence-electron chi connectivity index (χ1n) is 19.4. The maximum absolute atomic E-state index is 6.51. The molecule has 9 aromatic carbocycles. The highest BCUT2D eigenvalue weighted by Crippen LogP contribution is 2.41. The van der Waals surface area contributed by atoms with Gasteiger partial charge in [0, 0.05) is 38.6 Å². The van der Waals surface area contributed by atoms with Gasteiger partial charge in [0.25, 0.3) is 0 Å². The van der Waals surface area contributed by atoms with Crippen molar-refractivity contribution < 1.29 is 4.42 Å². The summed E-state index contributed by atoms with van der Waals surface area (Å²) >= 11 is 0. The normalized spacial score (nSPS) is 11.5. The number of rotatable bonds is 7. The average molecular weight is 729 g/mol. The second kappa shape index (κ2) is 13.6. The molecule has 0 unspecified atom stereocenters. The fraction of sp³-hybridized carbons (Fsp3) is 0. The van der Waals surface area contributed by atoms with Crippen molar-refractivity contribution >= 4 is 60.8 Å². The van der Waals surface area contributed by atoms with Crippen LogP contribution < -0.4 is 4.90 Å². The van der Waals surface area contributed by atoms with Crippen molar-refractivity contribution in [3.05, 3.63) is 218 Å². The van der Waals surface area contributed by atoms with Crippen LogP contribution in [0.3, 0.4) is 0 Å². The summed E-state index contributed by atoms with van der Waals surface area (Å²) in [5, 5.41) is 4.68. The zero-order valence-electron chi connectivity index (χ0n) is 31.1. The molecular formula is C54H36N2O. The Morgan fingerprint density at radius 3 is 1.47 bits per heavy atom. The van der Waals surface area contributed by atoms with Crippen molar-refractivity contribution in [3.63, 3.8) is 0 Å². The minimum Gasteiger partial charge on any atom is -0.454 e. The molecule has 0 aliphatic rings. The van der Waals surface area contributed by atoms with Crippen LogP contribution in [0.2, 0.25) is 0 Å². The maximum atomic E-state index is 6.51. The van der Waals surface area contributed by atoms with E-state index in [1.165, 1.54) is 44.2 Å². The third-order valence-corrected chi connectivity index (χ3v) is 11.2. The molecule has 0 spiro atoms. The Hall–Kier alpha value is -7.62. The van der Waals surface area contributed by atoms with Crippen molar-refractivity contribution in [1.82, 2.24) is 4.57 Å². The van der Waals surface area contributed by atoms with Crippen LogP contribution in [0.15, 0.2) is 223 Å². The monoisotopic (exact) mass is 728 g/mol. The predicted octanol–water partition coefficient (Wildman–Crippen LogP) is 15.2. The number of fused-ring (bicyclic) bond motifs is 6. The molecule has 11 rings (SSSR count). The van der Waals surface area contributed by atoms with Crippen molar-refractivity contribution in [1.29, 1.82) is 0 Å². The number of furan rings is 1. The molecule has 0 atom stereocenters. The van der Waals surface area contributed by atoms with Gasteiger partial charge in [-0.1, -0.05) is 152 Å². The second-order valence-electron chi connectivity index (χ2n) is 14.5. The van der Waals surface area contributed by atoms with Crippen LogP contribution in [-0.4, -0.2) is 4.57 Å². The molecule has 2 heterocycles. The fourth-order valence-electron chi connectivity index (χ4n) is 8.44. The number of benzene rings is 9. The standard InChI is InChI=1S/C54H36N2O/c1-3-12-37(13-4-1)38-22-24-39(25-23-38)40-26-31-44(32-27-40)55(43-14-5-2-6-15-43)45-33-28-41(29-34-45)42-30-35-51-49(36-42)46-16-7-9-19-50(46)56(51)52-20-11-18-48-47-17-8-10-21-53(47)57-54(48)52/h1-36H. The Bertz CT molecular complexity index is 3200. The van der Waals surface area contributed by atoms with Crippen LogP contribution >= 0.6 is 0 Å². The van der Waals surface area contributed by atoms with Crippen LogP contribution in [-0.2, 0) is 0 Å². The molecule has 0 fully saturated rings. The number of hydrogen-bond acceptors (Lipinski definition) is 2. The van der Waals surface area contributed by atoms with Crippen LogP contribution in [0.25, 0.3) is 82.8 Å². The topological polar surface area (TPSA) is 21.3 Å². The molecule has 268 valence electrons. The highest BCUT2D eigenvalue weighted by molar-refractivity contribution is 6.13. The van der Waals surface area contributed by atoms with E-state index in [2.05, 4.69) is 216 Å². The number of hydrogen-bond donors (Lipinski definition) is 0. The van der Waals surface area contributed by atoms with E-state index >= 15 is 0 Å². The summed E-state index contributed by atoms with van der Waals surface area (Å²) in [4.78, 5) is 2.32. The molecule has 2 aromatic heterocycles. The first kappa shape index (κ1) is 32.8. The molecule has 0 saturated heterocycles. The zero-order valence-corrected chi connectivity index (χ0v) is 31.1. The minimum absolute atomic E-state index is 0.899. The lowest BCUT2D eigenvalue weighted by Crippen LogP contribution is -2.09. The van der Waals surface area contributed by atoms with Gasteiger partial charge >= 0.3 is 0 Å². The number of nitrogens with zero attached hydrogens (tertiary/aromatic N) is 2. The molecule has 0 amide bonds. The van der Waals surface area contributed by atoms with E-state index in [1.807, 2.05) is 12.1 Å². The summed E-state index contributed by atoms with van der Waals surface area (Å²) in [6.07, 6.45) is 0. The van der Waals surface area contributed by atoms with E-state index in [0.29, 0.717) is 0 Å². The van der Waals surface area contributed by atoms with E-state index in [-0.39, 0.29) is 0 Å². The van der Waals surface area contributed by atoms with Gasteiger partial charge in [-0.2, -0.15) is 0 Å². The lowest BCUT2D eigenvalue weighted by atomic mass is 10.00. The molecular weight excluding hydrogens is 693 g/mol. The molecule has 0 aliphatic heterocycles. The van der Waals surface area contributed by atoms with Crippen LogP contribution in [0.4, 0.5) is 17.1 Å². The average Bonchev–Trinajstić information content (AvgIpc) is 3.83. The van der Waals surface area contributed by atoms with Gasteiger partial charge in [0.05, 0.1) is 16.7 Å². The van der Waals surface area contributed by atoms with E-state index in [9.17, 15) is 0 Å². The Balaban J connectivity index is 0.943. The fourth-order valence-corrected chi connectivity index (χ4v) is 8.44. The van der Waals surface area contributed by atoms with Crippen LogP contribution in [0.1, 0.15) is 0 Å². The van der Waals surface area contributed by atoms with Crippen molar-refractivity contribution in [3.8, 4) is 39.1 Å². The Kier molecular flexibility index (Phi) is 7.82. The molecule has 0 saturated carbocycles. The molecule has 0 radical (unpaired) electrons. The number of aromatic nitrogens is 1. The summed E-state index contributed by atoms with van der Waals surface area (Å²) in [7, 11) is 0. The molecule has 0 aliphatic carbocycles. The van der Waals surface area contributed by atoms with Gasteiger partial charge in [-0.3, -0.25) is 0 Å². The van der Waals surface area contributed by atoms with E-state index in [1.54, 1.807) is 0 Å². The molecule has 3 nitrogen and oxygen atoms in total. The summed E-state index contributed by atoms with van der Waals surface area (Å²) in [6.45, 7) is 0. The van der Waals surface area contributed by atoms with Gasteiger partial charge in [0.1, 0.15) is 5.58 Å². The Morgan fingerprint density at radius 2 is 0.789 bits per heavy atom. The lowest BCUT2D eigenvalue weighted by Gasteiger charge is -2.26. The van der Waals surface area contributed by atoms with Gasteiger partial charge in [-0.25, -0.2) is 0 Å². The van der Waals surface area contributed by atoms with Gasteiger partial charge < -0.3 is 13.9 Å². The third-order valence-electron chi connectivity index (χ3n) is 11.2. The van der Waals surface area contributed by atoms with Gasteiger partial charge in [-0.05, 0) is 100 Å².